The van der Waals surface area contributed by atoms with E-state index in [1.807, 2.05) is 54.6 Å². The van der Waals surface area contributed by atoms with Gasteiger partial charge >= 0.3 is 0 Å². The fourth-order valence-corrected chi connectivity index (χ4v) is 7.73. The third-order valence-electron chi connectivity index (χ3n) is 8.90. The first kappa shape index (κ1) is 26.1. The molecule has 1 atom stereocenters. The molecule has 1 unspecified atom stereocenters. The zero-order valence-corrected chi connectivity index (χ0v) is 24.2. The van der Waals surface area contributed by atoms with Crippen molar-refractivity contribution >= 4 is 33.4 Å². The number of nitrogens with one attached hydrogen (secondary N) is 1. The zero-order chi connectivity index (χ0) is 28.0. The molecule has 1 aliphatic carbocycles. The van der Waals surface area contributed by atoms with Gasteiger partial charge in [-0.15, -0.1) is 11.3 Å². The molecule has 1 N–H and O–H groups in total. The molecule has 7 nitrogen and oxygen atoms in total. The van der Waals surface area contributed by atoms with Gasteiger partial charge in [0.05, 0.1) is 16.8 Å². The predicted octanol–water partition coefficient (Wildman–Crippen LogP) is 6.38. The third kappa shape index (κ3) is 4.49. The molecular weight excluding hydrogens is 534 g/mol. The van der Waals surface area contributed by atoms with Gasteiger partial charge in [-0.2, -0.15) is 0 Å². The molecule has 7 rings (SSSR count). The van der Waals surface area contributed by atoms with E-state index in [1.54, 1.807) is 16.2 Å². The molecule has 4 aromatic rings. The Kier molecular flexibility index (Phi) is 6.73. The fourth-order valence-electron chi connectivity index (χ4n) is 6.68. The van der Waals surface area contributed by atoms with Gasteiger partial charge in [0, 0.05) is 17.5 Å². The molecule has 3 aliphatic rings. The number of aromatic nitrogens is 1. The van der Waals surface area contributed by atoms with Gasteiger partial charge < -0.3 is 24.3 Å². The minimum Gasteiger partial charge on any atom is -0.454 e. The summed E-state index contributed by atoms with van der Waals surface area (Å²) in [6, 6.07) is 19.9. The van der Waals surface area contributed by atoms with Crippen LogP contribution in [-0.2, 0) is 29.8 Å². The summed E-state index contributed by atoms with van der Waals surface area (Å²) in [6.07, 6.45) is 7.50. The Morgan fingerprint density at radius 1 is 1.00 bits per heavy atom. The van der Waals surface area contributed by atoms with Gasteiger partial charge in [-0.25, -0.2) is 0 Å². The number of hydrogen-bond donors (Lipinski definition) is 1. The third-order valence-corrected chi connectivity index (χ3v) is 10.1. The van der Waals surface area contributed by atoms with Gasteiger partial charge in [0.2, 0.25) is 6.79 Å². The second-order valence-corrected chi connectivity index (χ2v) is 12.6. The molecule has 2 amide bonds. The van der Waals surface area contributed by atoms with E-state index in [-0.39, 0.29) is 31.2 Å². The van der Waals surface area contributed by atoms with Gasteiger partial charge in [-0.1, -0.05) is 69.0 Å². The van der Waals surface area contributed by atoms with Crippen LogP contribution in [0.25, 0.3) is 10.2 Å². The minimum absolute atomic E-state index is 0.104. The zero-order valence-electron chi connectivity index (χ0n) is 23.4. The lowest BCUT2D eigenvalue weighted by molar-refractivity contribution is -0.136. The number of amides is 2. The lowest BCUT2D eigenvalue weighted by atomic mass is 9.83. The number of ether oxygens (including phenoxy) is 2. The molecular formula is C33H35N3O4S. The van der Waals surface area contributed by atoms with E-state index in [2.05, 4.69) is 22.9 Å². The molecule has 1 saturated carbocycles. The average molecular weight is 570 g/mol. The van der Waals surface area contributed by atoms with Crippen molar-refractivity contribution in [3.05, 3.63) is 82.4 Å². The predicted molar refractivity (Wildman–Crippen MR) is 159 cm³/mol. The number of aryl methyl sites for hydroxylation is 1. The maximum Gasteiger partial charge on any atom is 0.272 e. The number of carbonyl (C=O) groups excluding carboxylic acids is 2. The lowest BCUT2D eigenvalue weighted by Gasteiger charge is -2.47. The minimum atomic E-state index is -1.23. The summed E-state index contributed by atoms with van der Waals surface area (Å²) < 4.78 is 14.4. The van der Waals surface area contributed by atoms with Crippen LogP contribution in [0.5, 0.6) is 11.5 Å². The monoisotopic (exact) mass is 569 g/mol. The molecule has 1 fully saturated rings. The van der Waals surface area contributed by atoms with Crippen LogP contribution in [0.2, 0.25) is 0 Å². The highest BCUT2D eigenvalue weighted by Crippen LogP contribution is 2.43. The molecule has 2 aliphatic heterocycles. The van der Waals surface area contributed by atoms with Crippen LogP contribution in [0.4, 0.5) is 0 Å². The Hall–Kier alpha value is -3.78. The number of hydrogen-bond acceptors (Lipinski definition) is 5. The van der Waals surface area contributed by atoms with Crippen LogP contribution in [0, 0.1) is 0 Å². The van der Waals surface area contributed by atoms with Crippen LogP contribution in [0.1, 0.15) is 71.9 Å². The first-order valence-corrected chi connectivity index (χ1v) is 15.6. The van der Waals surface area contributed by atoms with Gasteiger partial charge in [-0.3, -0.25) is 9.59 Å². The lowest BCUT2D eigenvalue weighted by Crippen LogP contribution is -2.63. The number of rotatable bonds is 6. The van der Waals surface area contributed by atoms with E-state index >= 15 is 0 Å². The number of carbonyl (C=O) groups is 2. The van der Waals surface area contributed by atoms with Crippen LogP contribution >= 0.6 is 11.3 Å². The summed E-state index contributed by atoms with van der Waals surface area (Å²) in [6.45, 7) is 2.95. The number of fused-ring (bicyclic) bond motifs is 4. The van der Waals surface area contributed by atoms with Crippen molar-refractivity contribution in [2.45, 2.75) is 76.5 Å². The van der Waals surface area contributed by atoms with Gasteiger partial charge in [-0.05, 0) is 54.7 Å². The maximum absolute atomic E-state index is 14.8. The Morgan fingerprint density at radius 2 is 1.78 bits per heavy atom. The van der Waals surface area contributed by atoms with Crippen LogP contribution in [-0.4, -0.2) is 34.1 Å². The van der Waals surface area contributed by atoms with Crippen molar-refractivity contribution in [1.29, 1.82) is 0 Å². The Balaban J connectivity index is 1.38. The van der Waals surface area contributed by atoms with E-state index in [4.69, 9.17) is 9.47 Å². The second kappa shape index (κ2) is 10.6. The van der Waals surface area contributed by atoms with E-state index < -0.39 is 5.54 Å². The molecule has 4 heterocycles. The van der Waals surface area contributed by atoms with Gasteiger partial charge in [0.15, 0.2) is 17.0 Å². The summed E-state index contributed by atoms with van der Waals surface area (Å²) >= 11 is 1.72. The van der Waals surface area contributed by atoms with Gasteiger partial charge in [0.25, 0.3) is 11.8 Å². The summed E-state index contributed by atoms with van der Waals surface area (Å²) in [4.78, 5) is 32.5. The summed E-state index contributed by atoms with van der Waals surface area (Å²) in [5.74, 6) is 1.11. The van der Waals surface area contributed by atoms with Crippen molar-refractivity contribution in [1.82, 2.24) is 14.8 Å². The maximum atomic E-state index is 14.8. The molecule has 212 valence electrons. The molecule has 8 heteroatoms. The van der Waals surface area contributed by atoms with Crippen LogP contribution < -0.4 is 14.8 Å². The largest absolute Gasteiger partial charge is 0.454 e. The molecule has 0 spiro atoms. The SMILES string of the molecule is CCc1cc2c(cc3n2CC(C(=O)NC2CCCCCC2)(c2ccccc2)N(Cc2ccc4c(c2)OCO4)C3=O)s1. The second-order valence-electron chi connectivity index (χ2n) is 11.4. The topological polar surface area (TPSA) is 72.8 Å². The smallest absolute Gasteiger partial charge is 0.272 e. The first-order chi connectivity index (χ1) is 20.1. The fraction of sp³-hybridized carbons (Fsp3) is 0.394. The number of nitrogens with zero attached hydrogens (tertiary/aromatic N) is 2. The quantitative estimate of drug-likeness (QED) is 0.273. The van der Waals surface area contributed by atoms with Crippen LogP contribution in [0.15, 0.2) is 60.7 Å². The number of benzene rings is 2. The molecule has 0 saturated heterocycles. The average Bonchev–Trinajstić information content (AvgIpc) is 3.65. The Morgan fingerprint density at radius 3 is 2.56 bits per heavy atom. The van der Waals surface area contributed by atoms with Crippen molar-refractivity contribution in [3.63, 3.8) is 0 Å². The summed E-state index contributed by atoms with van der Waals surface area (Å²) in [5.41, 5.74) is 2.14. The highest BCUT2D eigenvalue weighted by Gasteiger charge is 2.53. The Bertz CT molecular complexity index is 1600. The van der Waals surface area contributed by atoms with Crippen molar-refractivity contribution in [2.24, 2.45) is 0 Å². The molecule has 0 radical (unpaired) electrons. The summed E-state index contributed by atoms with van der Waals surface area (Å²) in [5, 5.41) is 3.45. The van der Waals surface area contributed by atoms with Crippen molar-refractivity contribution in [2.75, 3.05) is 6.79 Å². The molecule has 2 aromatic heterocycles. The van der Waals surface area contributed by atoms with E-state index in [9.17, 15) is 9.59 Å². The highest BCUT2D eigenvalue weighted by atomic mass is 32.1. The van der Waals surface area contributed by atoms with E-state index in [1.165, 1.54) is 17.7 Å². The summed E-state index contributed by atoms with van der Waals surface area (Å²) in [7, 11) is 0. The molecule has 2 aromatic carbocycles. The molecule has 0 bridgehead atoms. The first-order valence-electron chi connectivity index (χ1n) is 14.8. The van der Waals surface area contributed by atoms with E-state index in [0.29, 0.717) is 23.7 Å². The van der Waals surface area contributed by atoms with E-state index in [0.717, 1.165) is 53.4 Å². The van der Waals surface area contributed by atoms with Crippen LogP contribution in [0.3, 0.4) is 0 Å². The normalized spacial score (nSPS) is 20.7. The molecule has 41 heavy (non-hydrogen) atoms. The Labute approximate surface area is 244 Å². The van der Waals surface area contributed by atoms with Crippen molar-refractivity contribution < 1.29 is 19.1 Å². The van der Waals surface area contributed by atoms with Crippen molar-refractivity contribution in [3.8, 4) is 11.5 Å². The number of thiophene rings is 1. The standard InChI is InChI=1S/C33H35N3O4S/c1-2-25-17-26-30(41-25)18-27-31(37)36(19-22-14-15-28-29(16-22)40-21-39-28)33(20-35(26)27,23-10-6-5-7-11-23)32(38)34-24-12-8-3-4-9-13-24/h5-7,10-11,14-18,24H,2-4,8-9,12-13,19-21H2,1H3,(H,34,38). The highest BCUT2D eigenvalue weighted by molar-refractivity contribution is 7.19. The van der Waals surface area contributed by atoms with Gasteiger partial charge in [0.1, 0.15) is 5.69 Å².